The standard InChI is InChI=1S/C22H26N6O2S/c1-2-9-26-11-12-28(21(29)8-10-27-16-23-24-25-27)19(22(26)30)15-17-5-3-6-18(14-17)20-7-4-13-31-20/h3-7,13-14,16,19H,2,8-12,15H2,1H3/t19-/m0/s1. The van der Waals surface area contributed by atoms with Crippen molar-refractivity contribution < 1.29 is 9.59 Å². The van der Waals surface area contributed by atoms with E-state index in [1.165, 1.54) is 15.9 Å². The molecule has 2 amide bonds. The maximum absolute atomic E-state index is 13.3. The summed E-state index contributed by atoms with van der Waals surface area (Å²) in [6.45, 7) is 4.31. The molecule has 1 aromatic carbocycles. The van der Waals surface area contributed by atoms with Crippen molar-refractivity contribution in [3.8, 4) is 10.4 Å². The first-order chi connectivity index (χ1) is 15.2. The number of tetrazole rings is 1. The Bertz CT molecular complexity index is 1000. The van der Waals surface area contributed by atoms with Crippen molar-refractivity contribution in [2.75, 3.05) is 19.6 Å². The van der Waals surface area contributed by atoms with E-state index in [0.717, 1.165) is 24.1 Å². The van der Waals surface area contributed by atoms with E-state index in [4.69, 9.17) is 0 Å². The molecule has 8 nitrogen and oxygen atoms in total. The van der Waals surface area contributed by atoms with Gasteiger partial charge in [-0.3, -0.25) is 9.59 Å². The van der Waals surface area contributed by atoms with Crippen LogP contribution in [-0.2, 0) is 22.6 Å². The summed E-state index contributed by atoms with van der Waals surface area (Å²) in [5, 5.41) is 13.1. The Balaban J connectivity index is 1.53. The number of benzene rings is 1. The molecule has 3 heterocycles. The number of aromatic nitrogens is 4. The molecular formula is C22H26N6O2S. The molecule has 0 unspecified atom stereocenters. The van der Waals surface area contributed by atoms with Gasteiger partial charge in [0.05, 0.1) is 6.54 Å². The molecule has 31 heavy (non-hydrogen) atoms. The van der Waals surface area contributed by atoms with Gasteiger partial charge >= 0.3 is 0 Å². The average molecular weight is 439 g/mol. The van der Waals surface area contributed by atoms with Gasteiger partial charge in [-0.05, 0) is 39.4 Å². The van der Waals surface area contributed by atoms with Crippen LogP contribution in [0.15, 0.2) is 48.1 Å². The number of nitrogens with zero attached hydrogens (tertiary/aromatic N) is 6. The third-order valence-corrected chi connectivity index (χ3v) is 6.42. The van der Waals surface area contributed by atoms with E-state index in [-0.39, 0.29) is 18.2 Å². The van der Waals surface area contributed by atoms with Crippen molar-refractivity contribution in [3.63, 3.8) is 0 Å². The van der Waals surface area contributed by atoms with E-state index >= 15 is 0 Å². The number of thiophene rings is 1. The Labute approximate surface area is 185 Å². The first kappa shape index (κ1) is 21.2. The average Bonchev–Trinajstić information content (AvgIpc) is 3.50. The van der Waals surface area contributed by atoms with Crippen LogP contribution in [0.4, 0.5) is 0 Å². The van der Waals surface area contributed by atoms with Crippen molar-refractivity contribution in [2.45, 2.75) is 38.8 Å². The van der Waals surface area contributed by atoms with Crippen LogP contribution < -0.4 is 0 Å². The number of hydrogen-bond donors (Lipinski definition) is 0. The summed E-state index contributed by atoms with van der Waals surface area (Å²) in [6, 6.07) is 11.9. The maximum Gasteiger partial charge on any atom is 0.245 e. The Hall–Kier alpha value is -3.07. The zero-order chi connectivity index (χ0) is 21.6. The van der Waals surface area contributed by atoms with Crippen LogP contribution in [0.25, 0.3) is 10.4 Å². The molecule has 4 rings (SSSR count). The monoisotopic (exact) mass is 438 g/mol. The highest BCUT2D eigenvalue weighted by atomic mass is 32.1. The fraction of sp³-hybridized carbons (Fsp3) is 0.409. The van der Waals surface area contributed by atoms with Crippen molar-refractivity contribution >= 4 is 23.2 Å². The molecule has 162 valence electrons. The third kappa shape index (κ3) is 4.99. The van der Waals surface area contributed by atoms with Gasteiger partial charge in [0.1, 0.15) is 12.4 Å². The van der Waals surface area contributed by atoms with Crippen LogP contribution >= 0.6 is 11.3 Å². The highest BCUT2D eigenvalue weighted by Crippen LogP contribution is 2.26. The Morgan fingerprint density at radius 2 is 2.10 bits per heavy atom. The first-order valence-corrected chi connectivity index (χ1v) is 11.5. The minimum Gasteiger partial charge on any atom is -0.339 e. The van der Waals surface area contributed by atoms with Crippen molar-refractivity contribution in [1.29, 1.82) is 0 Å². The second-order valence-electron chi connectivity index (χ2n) is 7.63. The molecule has 3 aromatic rings. The SMILES string of the molecule is CCCN1CCN(C(=O)CCn2cnnn2)[C@@H](Cc2cccc(-c3cccs3)c2)C1=O. The lowest BCUT2D eigenvalue weighted by Crippen LogP contribution is -2.59. The van der Waals surface area contributed by atoms with Gasteiger partial charge in [-0.1, -0.05) is 37.3 Å². The molecular weight excluding hydrogens is 412 g/mol. The summed E-state index contributed by atoms with van der Waals surface area (Å²) < 4.78 is 1.53. The fourth-order valence-electron chi connectivity index (χ4n) is 3.98. The van der Waals surface area contributed by atoms with Crippen LogP contribution in [-0.4, -0.2) is 67.5 Å². The van der Waals surface area contributed by atoms with Gasteiger partial charge in [0.2, 0.25) is 11.8 Å². The summed E-state index contributed by atoms with van der Waals surface area (Å²) >= 11 is 1.69. The van der Waals surface area contributed by atoms with Gasteiger partial charge in [-0.2, -0.15) is 0 Å². The smallest absolute Gasteiger partial charge is 0.245 e. The summed E-state index contributed by atoms with van der Waals surface area (Å²) in [7, 11) is 0. The summed E-state index contributed by atoms with van der Waals surface area (Å²) in [6.07, 6.45) is 3.16. The molecule has 0 saturated carbocycles. The lowest BCUT2D eigenvalue weighted by molar-refractivity contribution is -0.151. The molecule has 0 aliphatic carbocycles. The molecule has 0 spiro atoms. The van der Waals surface area contributed by atoms with Gasteiger partial charge in [0.25, 0.3) is 0 Å². The maximum atomic E-state index is 13.3. The highest BCUT2D eigenvalue weighted by molar-refractivity contribution is 7.13. The lowest BCUT2D eigenvalue weighted by Gasteiger charge is -2.41. The minimum atomic E-state index is -0.486. The zero-order valence-electron chi connectivity index (χ0n) is 17.6. The molecule has 1 saturated heterocycles. The van der Waals surface area contributed by atoms with Crippen molar-refractivity contribution in [2.24, 2.45) is 0 Å². The molecule has 1 aliphatic rings. The number of carbonyl (C=O) groups excluding carboxylic acids is 2. The zero-order valence-corrected chi connectivity index (χ0v) is 18.4. The molecule has 0 bridgehead atoms. The third-order valence-electron chi connectivity index (χ3n) is 5.51. The van der Waals surface area contributed by atoms with Crippen molar-refractivity contribution in [1.82, 2.24) is 30.0 Å². The first-order valence-electron chi connectivity index (χ1n) is 10.6. The van der Waals surface area contributed by atoms with E-state index in [9.17, 15) is 9.59 Å². The van der Waals surface area contributed by atoms with Gasteiger partial charge in [0, 0.05) is 37.4 Å². The largest absolute Gasteiger partial charge is 0.339 e. The van der Waals surface area contributed by atoms with Gasteiger partial charge in [-0.15, -0.1) is 16.4 Å². The number of piperazine rings is 1. The van der Waals surface area contributed by atoms with Crippen molar-refractivity contribution in [3.05, 3.63) is 53.7 Å². The molecule has 1 aliphatic heterocycles. The normalized spacial score (nSPS) is 16.7. The quantitative estimate of drug-likeness (QED) is 0.540. The second-order valence-corrected chi connectivity index (χ2v) is 8.58. The van der Waals surface area contributed by atoms with E-state index in [1.807, 2.05) is 23.1 Å². The van der Waals surface area contributed by atoms with E-state index in [2.05, 4.69) is 46.0 Å². The highest BCUT2D eigenvalue weighted by Gasteiger charge is 2.36. The number of rotatable bonds is 8. The van der Waals surface area contributed by atoms with Gasteiger partial charge in [-0.25, -0.2) is 4.68 Å². The second kappa shape index (κ2) is 9.82. The minimum absolute atomic E-state index is 0.0328. The van der Waals surface area contributed by atoms with Crippen LogP contribution in [0.2, 0.25) is 0 Å². The summed E-state index contributed by atoms with van der Waals surface area (Å²) in [5.41, 5.74) is 2.19. The Kier molecular flexibility index (Phi) is 6.71. The molecule has 1 fully saturated rings. The number of amides is 2. The Morgan fingerprint density at radius 1 is 1.19 bits per heavy atom. The van der Waals surface area contributed by atoms with E-state index in [0.29, 0.717) is 26.1 Å². The van der Waals surface area contributed by atoms with Crippen LogP contribution in [0.5, 0.6) is 0 Å². The molecule has 1 atom stereocenters. The molecule has 2 aromatic heterocycles. The molecule has 0 radical (unpaired) electrons. The number of hydrogen-bond acceptors (Lipinski definition) is 6. The summed E-state index contributed by atoms with van der Waals surface area (Å²) in [5.74, 6) is -0.00944. The molecule has 9 heteroatoms. The van der Waals surface area contributed by atoms with Crippen LogP contribution in [0.3, 0.4) is 0 Å². The predicted octanol–water partition coefficient (Wildman–Crippen LogP) is 2.48. The van der Waals surface area contributed by atoms with Crippen LogP contribution in [0.1, 0.15) is 25.3 Å². The Morgan fingerprint density at radius 3 is 2.84 bits per heavy atom. The van der Waals surface area contributed by atoms with Gasteiger partial charge in [0.15, 0.2) is 0 Å². The van der Waals surface area contributed by atoms with Crippen LogP contribution in [0, 0.1) is 0 Å². The number of aryl methyl sites for hydroxylation is 1. The van der Waals surface area contributed by atoms with E-state index < -0.39 is 6.04 Å². The molecule has 0 N–H and O–H groups in total. The fourth-order valence-corrected chi connectivity index (χ4v) is 4.70. The van der Waals surface area contributed by atoms with Gasteiger partial charge < -0.3 is 9.80 Å². The lowest BCUT2D eigenvalue weighted by atomic mass is 9.98. The summed E-state index contributed by atoms with van der Waals surface area (Å²) in [4.78, 5) is 31.1. The predicted molar refractivity (Wildman–Crippen MR) is 118 cm³/mol. The van der Waals surface area contributed by atoms with E-state index in [1.54, 1.807) is 16.2 Å². The number of carbonyl (C=O) groups is 2. The topological polar surface area (TPSA) is 84.2 Å².